The van der Waals surface area contributed by atoms with E-state index in [1.807, 2.05) is 4.90 Å². The number of carbonyl (C=O) groups is 1. The second-order valence-corrected chi connectivity index (χ2v) is 9.24. The second kappa shape index (κ2) is 10.9. The number of amides is 1. The maximum absolute atomic E-state index is 13.9. The van der Waals surface area contributed by atoms with E-state index in [4.69, 9.17) is 0 Å². The lowest BCUT2D eigenvalue weighted by Crippen LogP contribution is -2.51. The number of rotatable bonds is 10. The summed E-state index contributed by atoms with van der Waals surface area (Å²) < 4.78 is 40.4. The Hall–Kier alpha value is -1.51. The molecular formula is C20H32FN3O3S. The van der Waals surface area contributed by atoms with Crippen LogP contribution in [0, 0.1) is 11.7 Å². The average molecular weight is 414 g/mol. The number of hydrogen-bond donors (Lipinski definition) is 1. The van der Waals surface area contributed by atoms with E-state index in [-0.39, 0.29) is 30.4 Å². The third kappa shape index (κ3) is 6.25. The predicted octanol–water partition coefficient (Wildman–Crippen LogP) is 2.46. The van der Waals surface area contributed by atoms with Crippen LogP contribution in [-0.4, -0.2) is 62.8 Å². The molecule has 1 amide bonds. The number of piperazine rings is 1. The summed E-state index contributed by atoms with van der Waals surface area (Å²) >= 11 is 0. The molecule has 0 aromatic heterocycles. The van der Waals surface area contributed by atoms with Crippen molar-refractivity contribution < 1.29 is 17.6 Å². The fourth-order valence-electron chi connectivity index (χ4n) is 3.38. The monoisotopic (exact) mass is 413 g/mol. The zero-order valence-electron chi connectivity index (χ0n) is 16.9. The van der Waals surface area contributed by atoms with Crippen molar-refractivity contribution in [2.45, 2.75) is 44.4 Å². The van der Waals surface area contributed by atoms with Gasteiger partial charge in [-0.2, -0.15) is 4.31 Å². The first-order valence-corrected chi connectivity index (χ1v) is 11.6. The Morgan fingerprint density at radius 3 is 2.46 bits per heavy atom. The van der Waals surface area contributed by atoms with Crippen LogP contribution >= 0.6 is 0 Å². The van der Waals surface area contributed by atoms with Crippen molar-refractivity contribution in [1.29, 1.82) is 0 Å². The molecule has 158 valence electrons. The lowest BCUT2D eigenvalue weighted by molar-refractivity contribution is -0.122. The molecule has 8 heteroatoms. The van der Waals surface area contributed by atoms with Crippen LogP contribution in [0.4, 0.5) is 4.39 Å². The molecule has 1 atom stereocenters. The average Bonchev–Trinajstić information content (AvgIpc) is 2.69. The van der Waals surface area contributed by atoms with Crippen molar-refractivity contribution in [3.8, 4) is 0 Å². The molecule has 1 fully saturated rings. The highest BCUT2D eigenvalue weighted by atomic mass is 32.2. The minimum Gasteiger partial charge on any atom is -0.355 e. The lowest BCUT2D eigenvalue weighted by Gasteiger charge is -2.33. The third-order valence-corrected chi connectivity index (χ3v) is 7.22. The van der Waals surface area contributed by atoms with Crippen LogP contribution in [0.15, 0.2) is 29.2 Å². The lowest BCUT2D eigenvalue weighted by atomic mass is 9.99. The van der Waals surface area contributed by atoms with Crippen molar-refractivity contribution in [3.63, 3.8) is 0 Å². The van der Waals surface area contributed by atoms with Crippen LogP contribution in [-0.2, 0) is 14.8 Å². The Kier molecular flexibility index (Phi) is 8.85. The highest BCUT2D eigenvalue weighted by Crippen LogP contribution is 2.20. The molecule has 1 aliphatic heterocycles. The molecule has 1 saturated heterocycles. The van der Waals surface area contributed by atoms with Crippen molar-refractivity contribution in [1.82, 2.24) is 14.5 Å². The molecule has 1 aromatic rings. The molecular weight excluding hydrogens is 381 g/mol. The molecule has 0 saturated carbocycles. The van der Waals surface area contributed by atoms with Crippen LogP contribution in [0.3, 0.4) is 0 Å². The van der Waals surface area contributed by atoms with Gasteiger partial charge in [0, 0.05) is 32.7 Å². The van der Waals surface area contributed by atoms with Gasteiger partial charge in [-0.15, -0.1) is 0 Å². The number of hydrogen-bond acceptors (Lipinski definition) is 4. The number of sulfonamides is 1. The minimum atomic E-state index is -3.85. The van der Waals surface area contributed by atoms with Gasteiger partial charge in [0.15, 0.2) is 0 Å². The Labute approximate surface area is 168 Å². The molecule has 0 bridgehead atoms. The van der Waals surface area contributed by atoms with Crippen LogP contribution in [0.2, 0.25) is 0 Å². The van der Waals surface area contributed by atoms with E-state index in [0.29, 0.717) is 25.6 Å². The second-order valence-electron chi connectivity index (χ2n) is 7.33. The van der Waals surface area contributed by atoms with E-state index < -0.39 is 15.8 Å². The molecule has 1 N–H and O–H groups in total. The summed E-state index contributed by atoms with van der Waals surface area (Å²) in [5.41, 5.74) is 0. The van der Waals surface area contributed by atoms with E-state index in [1.54, 1.807) is 0 Å². The van der Waals surface area contributed by atoms with Crippen LogP contribution < -0.4 is 5.32 Å². The van der Waals surface area contributed by atoms with Gasteiger partial charge in [-0.25, -0.2) is 12.8 Å². The van der Waals surface area contributed by atoms with E-state index in [2.05, 4.69) is 19.2 Å². The SMILES string of the molecule is CCCC[C@H](CC)CNC(=O)CN1CCN(S(=O)(=O)c2ccccc2F)CC1. The first-order valence-electron chi connectivity index (χ1n) is 10.1. The first kappa shape index (κ1) is 22.8. The van der Waals surface area contributed by atoms with Gasteiger partial charge in [0.1, 0.15) is 10.7 Å². The fourth-order valence-corrected chi connectivity index (χ4v) is 4.87. The molecule has 1 heterocycles. The topological polar surface area (TPSA) is 69.7 Å². The highest BCUT2D eigenvalue weighted by Gasteiger charge is 2.30. The Balaban J connectivity index is 1.80. The van der Waals surface area contributed by atoms with E-state index in [0.717, 1.165) is 25.3 Å². The van der Waals surface area contributed by atoms with Gasteiger partial charge in [-0.05, 0) is 24.5 Å². The smallest absolute Gasteiger partial charge is 0.246 e. The number of halogens is 1. The van der Waals surface area contributed by atoms with Gasteiger partial charge in [0.25, 0.3) is 0 Å². The largest absolute Gasteiger partial charge is 0.355 e. The summed E-state index contributed by atoms with van der Waals surface area (Å²) in [6.45, 7) is 6.66. The third-order valence-electron chi connectivity index (χ3n) is 5.28. The van der Waals surface area contributed by atoms with Crippen molar-refractivity contribution in [2.24, 2.45) is 5.92 Å². The molecule has 1 aliphatic rings. The normalized spacial score (nSPS) is 17.4. The van der Waals surface area contributed by atoms with Gasteiger partial charge in [-0.1, -0.05) is 45.2 Å². The van der Waals surface area contributed by atoms with Crippen LogP contribution in [0.5, 0.6) is 0 Å². The fraction of sp³-hybridized carbons (Fsp3) is 0.650. The van der Waals surface area contributed by atoms with Crippen molar-refractivity contribution in [3.05, 3.63) is 30.1 Å². The van der Waals surface area contributed by atoms with E-state index in [1.165, 1.54) is 28.9 Å². The molecule has 0 spiro atoms. The summed E-state index contributed by atoms with van der Waals surface area (Å²) in [6.07, 6.45) is 4.50. The Bertz CT molecular complexity index is 734. The van der Waals surface area contributed by atoms with Gasteiger partial charge in [0.05, 0.1) is 6.54 Å². The summed E-state index contributed by atoms with van der Waals surface area (Å²) in [7, 11) is -3.85. The van der Waals surface area contributed by atoms with Gasteiger partial charge >= 0.3 is 0 Å². The zero-order chi connectivity index (χ0) is 20.6. The summed E-state index contributed by atoms with van der Waals surface area (Å²) in [4.78, 5) is 13.9. The zero-order valence-corrected chi connectivity index (χ0v) is 17.7. The molecule has 28 heavy (non-hydrogen) atoms. The van der Waals surface area contributed by atoms with Crippen molar-refractivity contribution in [2.75, 3.05) is 39.3 Å². The maximum atomic E-state index is 13.9. The summed E-state index contributed by atoms with van der Waals surface area (Å²) in [5.74, 6) is -0.259. The number of nitrogens with zero attached hydrogens (tertiary/aromatic N) is 2. The summed E-state index contributed by atoms with van der Waals surface area (Å²) in [6, 6.07) is 5.42. The van der Waals surface area contributed by atoms with Gasteiger partial charge in [-0.3, -0.25) is 9.69 Å². The highest BCUT2D eigenvalue weighted by molar-refractivity contribution is 7.89. The van der Waals surface area contributed by atoms with Crippen LogP contribution in [0.1, 0.15) is 39.5 Å². The minimum absolute atomic E-state index is 0.0274. The first-order chi connectivity index (χ1) is 13.4. The molecule has 0 unspecified atom stereocenters. The van der Waals surface area contributed by atoms with Crippen LogP contribution in [0.25, 0.3) is 0 Å². The Morgan fingerprint density at radius 2 is 1.86 bits per heavy atom. The standard InChI is InChI=1S/C20H32FN3O3S/c1-3-5-8-17(4-2)15-22-20(25)16-23-11-13-24(14-12-23)28(26,27)19-10-7-6-9-18(19)21/h6-7,9-10,17H,3-5,8,11-16H2,1-2H3,(H,22,25)/t17-/m0/s1. The number of unbranched alkanes of at least 4 members (excludes halogenated alkanes) is 1. The number of carbonyl (C=O) groups excluding carboxylic acids is 1. The van der Waals surface area contributed by atoms with E-state index in [9.17, 15) is 17.6 Å². The van der Waals surface area contributed by atoms with E-state index >= 15 is 0 Å². The quantitative estimate of drug-likeness (QED) is 0.640. The molecule has 6 nitrogen and oxygen atoms in total. The number of nitrogens with one attached hydrogen (secondary N) is 1. The predicted molar refractivity (Wildman–Crippen MR) is 108 cm³/mol. The maximum Gasteiger partial charge on any atom is 0.246 e. The van der Waals surface area contributed by atoms with Gasteiger partial charge < -0.3 is 5.32 Å². The number of benzene rings is 1. The summed E-state index contributed by atoms with van der Waals surface area (Å²) in [5, 5.41) is 3.00. The van der Waals surface area contributed by atoms with Crippen molar-refractivity contribution >= 4 is 15.9 Å². The molecule has 0 radical (unpaired) electrons. The molecule has 1 aromatic carbocycles. The Morgan fingerprint density at radius 1 is 1.18 bits per heavy atom. The molecule has 0 aliphatic carbocycles. The van der Waals surface area contributed by atoms with Gasteiger partial charge in [0.2, 0.25) is 15.9 Å². The molecule has 2 rings (SSSR count).